The van der Waals surface area contributed by atoms with Crippen LogP contribution in [0, 0.1) is 11.3 Å². The van der Waals surface area contributed by atoms with E-state index in [0.29, 0.717) is 25.4 Å². The highest BCUT2D eigenvalue weighted by atomic mass is 35.5. The van der Waals surface area contributed by atoms with Crippen LogP contribution in [0.1, 0.15) is 40.0 Å². The number of nitrogens with zero attached hydrogens (tertiary/aromatic N) is 1. The number of sulfonamides is 1. The van der Waals surface area contributed by atoms with Crippen molar-refractivity contribution in [1.82, 2.24) is 4.31 Å². The summed E-state index contributed by atoms with van der Waals surface area (Å²) in [5.74, 6) is 0.574. The lowest BCUT2D eigenvalue weighted by Gasteiger charge is -2.23. The highest BCUT2D eigenvalue weighted by Gasteiger charge is 2.38. The molecule has 18 heavy (non-hydrogen) atoms. The number of halogens is 1. The predicted molar refractivity (Wildman–Crippen MR) is 78.5 cm³/mol. The Balaban J connectivity index is 0.00000289. The van der Waals surface area contributed by atoms with Crippen molar-refractivity contribution in [2.75, 3.05) is 25.4 Å². The largest absolute Gasteiger partial charge is 0.330 e. The van der Waals surface area contributed by atoms with E-state index in [9.17, 15) is 8.42 Å². The average Bonchev–Trinajstić information content (AvgIpc) is 2.70. The molecule has 1 unspecified atom stereocenters. The summed E-state index contributed by atoms with van der Waals surface area (Å²) < 4.78 is 26.1. The highest BCUT2D eigenvalue weighted by molar-refractivity contribution is 7.89. The first-order valence-corrected chi connectivity index (χ1v) is 8.15. The van der Waals surface area contributed by atoms with E-state index in [1.54, 1.807) is 4.31 Å². The third-order valence-electron chi connectivity index (χ3n) is 4.01. The zero-order valence-corrected chi connectivity index (χ0v) is 13.3. The van der Waals surface area contributed by atoms with Crippen LogP contribution in [0.3, 0.4) is 0 Å². The van der Waals surface area contributed by atoms with Crippen LogP contribution < -0.4 is 5.73 Å². The van der Waals surface area contributed by atoms with Crippen molar-refractivity contribution in [3.8, 4) is 0 Å². The standard InChI is InChI=1S/C12H26N2O2S.ClH/c1-4-11(5-2)8-17(15,16)14-7-6-12(3,9-13)10-14;/h11H,4-10,13H2,1-3H3;1H. The van der Waals surface area contributed by atoms with Crippen LogP contribution >= 0.6 is 12.4 Å². The van der Waals surface area contributed by atoms with Crippen molar-refractivity contribution >= 4 is 22.4 Å². The summed E-state index contributed by atoms with van der Waals surface area (Å²) in [5, 5.41) is 0. The molecule has 0 amide bonds. The Morgan fingerprint density at radius 1 is 1.33 bits per heavy atom. The Bertz CT molecular complexity index is 344. The van der Waals surface area contributed by atoms with E-state index in [2.05, 4.69) is 20.8 Å². The third kappa shape index (κ3) is 4.37. The summed E-state index contributed by atoms with van der Waals surface area (Å²) in [6.07, 6.45) is 2.74. The molecule has 1 atom stereocenters. The molecule has 0 spiro atoms. The molecule has 6 heteroatoms. The van der Waals surface area contributed by atoms with Crippen molar-refractivity contribution in [3.63, 3.8) is 0 Å². The van der Waals surface area contributed by atoms with Gasteiger partial charge >= 0.3 is 0 Å². The summed E-state index contributed by atoms with van der Waals surface area (Å²) in [6.45, 7) is 7.96. The molecule has 0 saturated carbocycles. The van der Waals surface area contributed by atoms with Crippen molar-refractivity contribution in [1.29, 1.82) is 0 Å². The molecule has 1 aliphatic heterocycles. The predicted octanol–water partition coefficient (Wildman–Crippen LogP) is 1.84. The zero-order chi connectivity index (χ0) is 13.1. The van der Waals surface area contributed by atoms with E-state index in [1.165, 1.54) is 0 Å². The fourth-order valence-corrected chi connectivity index (χ4v) is 4.47. The van der Waals surface area contributed by atoms with Crippen molar-refractivity contribution in [2.45, 2.75) is 40.0 Å². The Morgan fingerprint density at radius 3 is 2.28 bits per heavy atom. The summed E-state index contributed by atoms with van der Waals surface area (Å²) in [7, 11) is -3.09. The molecule has 0 aromatic carbocycles. The molecule has 0 bridgehead atoms. The van der Waals surface area contributed by atoms with E-state index in [0.717, 1.165) is 19.3 Å². The van der Waals surface area contributed by atoms with Gasteiger partial charge in [-0.15, -0.1) is 12.4 Å². The average molecular weight is 299 g/mol. The van der Waals surface area contributed by atoms with E-state index in [-0.39, 0.29) is 23.7 Å². The van der Waals surface area contributed by atoms with Crippen LogP contribution in [0.15, 0.2) is 0 Å². The molecule has 4 nitrogen and oxygen atoms in total. The third-order valence-corrected chi connectivity index (χ3v) is 6.00. The van der Waals surface area contributed by atoms with Crippen LogP contribution in [0.5, 0.6) is 0 Å². The maximum atomic E-state index is 12.2. The van der Waals surface area contributed by atoms with Gasteiger partial charge in [-0.2, -0.15) is 0 Å². The van der Waals surface area contributed by atoms with Gasteiger partial charge < -0.3 is 5.73 Å². The number of rotatable bonds is 6. The molecule has 0 aromatic rings. The molecular weight excluding hydrogens is 272 g/mol. The fraction of sp³-hybridized carbons (Fsp3) is 1.00. The van der Waals surface area contributed by atoms with Gasteiger partial charge in [0.2, 0.25) is 10.0 Å². The molecule has 110 valence electrons. The molecule has 0 aliphatic carbocycles. The fourth-order valence-electron chi connectivity index (χ4n) is 2.31. The first kappa shape index (κ1) is 18.2. The first-order chi connectivity index (χ1) is 7.87. The van der Waals surface area contributed by atoms with E-state index in [4.69, 9.17) is 5.73 Å². The minimum atomic E-state index is -3.09. The number of hydrogen-bond acceptors (Lipinski definition) is 3. The second-order valence-electron chi connectivity index (χ2n) is 5.56. The monoisotopic (exact) mass is 298 g/mol. The van der Waals surface area contributed by atoms with Crippen LogP contribution in [-0.4, -0.2) is 38.1 Å². The molecule has 1 saturated heterocycles. The lowest BCUT2D eigenvalue weighted by molar-refractivity contribution is 0.348. The quantitative estimate of drug-likeness (QED) is 0.814. The van der Waals surface area contributed by atoms with Gasteiger partial charge in [-0.25, -0.2) is 12.7 Å². The summed E-state index contributed by atoms with van der Waals surface area (Å²) in [6, 6.07) is 0. The molecule has 1 rings (SSSR count). The second kappa shape index (κ2) is 7.08. The highest BCUT2D eigenvalue weighted by Crippen LogP contribution is 2.31. The van der Waals surface area contributed by atoms with Gasteiger partial charge in [0.05, 0.1) is 5.75 Å². The lowest BCUT2D eigenvalue weighted by Crippen LogP contribution is -2.37. The van der Waals surface area contributed by atoms with Crippen LogP contribution in [-0.2, 0) is 10.0 Å². The van der Waals surface area contributed by atoms with Gasteiger partial charge in [-0.3, -0.25) is 0 Å². The smallest absolute Gasteiger partial charge is 0.214 e. The first-order valence-electron chi connectivity index (χ1n) is 6.54. The summed E-state index contributed by atoms with van der Waals surface area (Å²) in [4.78, 5) is 0. The van der Waals surface area contributed by atoms with Gasteiger partial charge in [0.1, 0.15) is 0 Å². The van der Waals surface area contributed by atoms with Crippen molar-refractivity contribution in [2.24, 2.45) is 17.1 Å². The maximum Gasteiger partial charge on any atom is 0.214 e. The van der Waals surface area contributed by atoms with E-state index in [1.807, 2.05) is 0 Å². The maximum absolute atomic E-state index is 12.2. The Morgan fingerprint density at radius 2 is 1.89 bits per heavy atom. The van der Waals surface area contributed by atoms with Crippen molar-refractivity contribution in [3.05, 3.63) is 0 Å². The van der Waals surface area contributed by atoms with E-state index < -0.39 is 10.0 Å². The van der Waals surface area contributed by atoms with Crippen LogP contribution in [0.25, 0.3) is 0 Å². The normalized spacial score (nSPS) is 25.4. The second-order valence-corrected chi connectivity index (χ2v) is 7.57. The minimum Gasteiger partial charge on any atom is -0.330 e. The lowest BCUT2D eigenvalue weighted by atomic mass is 9.90. The minimum absolute atomic E-state index is 0. The van der Waals surface area contributed by atoms with Gasteiger partial charge in [0, 0.05) is 13.1 Å². The van der Waals surface area contributed by atoms with Gasteiger partial charge in [0.25, 0.3) is 0 Å². The number of nitrogens with two attached hydrogens (primary N) is 1. The molecule has 1 aliphatic rings. The Labute approximate surface area is 118 Å². The molecule has 2 N–H and O–H groups in total. The van der Waals surface area contributed by atoms with Crippen LogP contribution in [0.2, 0.25) is 0 Å². The Kier molecular flexibility index (Phi) is 7.14. The summed E-state index contributed by atoms with van der Waals surface area (Å²) >= 11 is 0. The summed E-state index contributed by atoms with van der Waals surface area (Å²) in [5.41, 5.74) is 5.68. The number of hydrogen-bond donors (Lipinski definition) is 1. The molecular formula is C12H27ClN2O2S. The molecule has 0 aromatic heterocycles. The van der Waals surface area contributed by atoms with Crippen molar-refractivity contribution < 1.29 is 8.42 Å². The van der Waals surface area contributed by atoms with Crippen LogP contribution in [0.4, 0.5) is 0 Å². The zero-order valence-electron chi connectivity index (χ0n) is 11.7. The van der Waals surface area contributed by atoms with Gasteiger partial charge in [0.15, 0.2) is 0 Å². The molecule has 1 fully saturated rings. The molecule has 0 radical (unpaired) electrons. The topological polar surface area (TPSA) is 63.4 Å². The van der Waals surface area contributed by atoms with E-state index >= 15 is 0 Å². The van der Waals surface area contributed by atoms with Gasteiger partial charge in [-0.05, 0) is 24.3 Å². The SMILES string of the molecule is CCC(CC)CS(=O)(=O)N1CCC(C)(CN)C1.Cl. The Hall–Kier alpha value is 0.160. The van der Waals surface area contributed by atoms with Gasteiger partial charge in [-0.1, -0.05) is 33.6 Å². The molecule has 1 heterocycles.